The van der Waals surface area contributed by atoms with Crippen molar-refractivity contribution < 1.29 is 14.0 Å². The van der Waals surface area contributed by atoms with Gasteiger partial charge in [0.15, 0.2) is 0 Å². The molecule has 0 saturated heterocycles. The third-order valence-corrected chi connectivity index (χ3v) is 3.58. The van der Waals surface area contributed by atoms with Crippen molar-refractivity contribution in [2.45, 2.75) is 6.92 Å². The van der Waals surface area contributed by atoms with E-state index in [0.717, 1.165) is 10.0 Å². The number of carbonyl (C=O) groups is 2. The molecular weight excluding hydrogens is 365 g/mol. The molecule has 7 heteroatoms. The summed E-state index contributed by atoms with van der Waals surface area (Å²) in [4.78, 5) is 23.8. The topological polar surface area (TPSA) is 63.1 Å². The molecule has 2 amide bonds. The largest absolute Gasteiger partial charge is 0.345 e. The summed E-state index contributed by atoms with van der Waals surface area (Å²) in [5, 5.41) is 0. The molecule has 0 unspecified atom stereocenters. The van der Waals surface area contributed by atoms with Gasteiger partial charge in [0.2, 0.25) is 0 Å². The second-order valence-electron chi connectivity index (χ2n) is 4.93. The molecule has 0 radical (unpaired) electrons. The van der Waals surface area contributed by atoms with Crippen molar-refractivity contribution >= 4 is 33.3 Å². The minimum Gasteiger partial charge on any atom is -0.345 e. The van der Waals surface area contributed by atoms with Crippen molar-refractivity contribution in [2.75, 3.05) is 0 Å². The van der Waals surface area contributed by atoms with Crippen LogP contribution in [0.25, 0.3) is 5.57 Å². The van der Waals surface area contributed by atoms with Gasteiger partial charge in [-0.25, -0.2) is 4.39 Å². The fraction of sp³-hybridized carbons (Fsp3) is 0.125. The molecule has 0 aliphatic carbocycles. The smallest absolute Gasteiger partial charge is 0.286 e. The van der Waals surface area contributed by atoms with Crippen molar-refractivity contribution in [2.24, 2.45) is 7.05 Å². The summed E-state index contributed by atoms with van der Waals surface area (Å²) in [7, 11) is 1.72. The first-order valence-electron chi connectivity index (χ1n) is 6.73. The average molecular weight is 380 g/mol. The van der Waals surface area contributed by atoms with Crippen molar-refractivity contribution in [3.63, 3.8) is 0 Å². The van der Waals surface area contributed by atoms with E-state index >= 15 is 0 Å². The van der Waals surface area contributed by atoms with Gasteiger partial charge in [-0.1, -0.05) is 12.1 Å². The summed E-state index contributed by atoms with van der Waals surface area (Å²) in [5.74, 6) is -1.25. The molecule has 0 spiro atoms. The van der Waals surface area contributed by atoms with Gasteiger partial charge in [0, 0.05) is 23.8 Å². The fourth-order valence-electron chi connectivity index (χ4n) is 1.96. The fourth-order valence-corrected chi connectivity index (χ4v) is 2.49. The lowest BCUT2D eigenvalue weighted by Gasteiger charge is -2.07. The Kier molecular flexibility index (Phi) is 5.33. The van der Waals surface area contributed by atoms with Crippen LogP contribution in [0, 0.1) is 5.82 Å². The van der Waals surface area contributed by atoms with Crippen LogP contribution in [0.1, 0.15) is 23.0 Å². The molecule has 0 fully saturated rings. The summed E-state index contributed by atoms with van der Waals surface area (Å²) in [5.41, 5.74) is 6.42. The first-order chi connectivity index (χ1) is 10.9. The van der Waals surface area contributed by atoms with E-state index in [0.29, 0.717) is 11.3 Å². The number of halogens is 2. The van der Waals surface area contributed by atoms with Gasteiger partial charge in [-0.2, -0.15) is 0 Å². The average Bonchev–Trinajstić information content (AvgIpc) is 2.84. The number of hydrogen-bond acceptors (Lipinski definition) is 2. The molecule has 1 heterocycles. The second-order valence-corrected chi connectivity index (χ2v) is 5.85. The molecule has 23 heavy (non-hydrogen) atoms. The van der Waals surface area contributed by atoms with Crippen LogP contribution >= 0.6 is 15.9 Å². The highest BCUT2D eigenvalue weighted by molar-refractivity contribution is 9.10. The molecule has 0 aliphatic heterocycles. The highest BCUT2D eigenvalue weighted by Gasteiger charge is 2.11. The number of allylic oxidation sites excluding steroid dienone is 1. The molecule has 2 N–H and O–H groups in total. The van der Waals surface area contributed by atoms with Crippen LogP contribution in [0.15, 0.2) is 47.1 Å². The first kappa shape index (κ1) is 17.0. The van der Waals surface area contributed by atoms with Crippen molar-refractivity contribution in [3.05, 3.63) is 64.2 Å². The maximum Gasteiger partial charge on any atom is 0.286 e. The van der Waals surface area contributed by atoms with Gasteiger partial charge in [0.25, 0.3) is 11.8 Å². The Bertz CT molecular complexity index is 766. The predicted octanol–water partition coefficient (Wildman–Crippen LogP) is 2.79. The molecule has 0 atom stereocenters. The number of aromatic nitrogens is 1. The minimum absolute atomic E-state index is 0.341. The molecule has 0 aliphatic rings. The van der Waals surface area contributed by atoms with Gasteiger partial charge < -0.3 is 4.57 Å². The first-order valence-corrected chi connectivity index (χ1v) is 7.52. The van der Waals surface area contributed by atoms with E-state index < -0.39 is 11.8 Å². The number of amides is 2. The van der Waals surface area contributed by atoms with Gasteiger partial charge in [0.1, 0.15) is 11.5 Å². The third kappa shape index (κ3) is 4.53. The zero-order valence-corrected chi connectivity index (χ0v) is 14.1. The molecule has 1 aromatic heterocycles. The number of carbonyl (C=O) groups excluding carboxylic acids is 2. The zero-order valence-electron chi connectivity index (χ0n) is 12.6. The summed E-state index contributed by atoms with van der Waals surface area (Å²) in [6.07, 6.45) is 3.06. The lowest BCUT2D eigenvalue weighted by Crippen LogP contribution is -2.41. The van der Waals surface area contributed by atoms with Gasteiger partial charge in [-0.3, -0.25) is 20.4 Å². The number of benzene rings is 1. The molecule has 0 saturated carbocycles. The zero-order chi connectivity index (χ0) is 17.0. The minimum atomic E-state index is -0.478. The second kappa shape index (κ2) is 7.23. The van der Waals surface area contributed by atoms with E-state index in [9.17, 15) is 14.0 Å². The van der Waals surface area contributed by atoms with Crippen LogP contribution in [0.3, 0.4) is 0 Å². The Balaban J connectivity index is 1.96. The van der Waals surface area contributed by atoms with Crippen LogP contribution in [0.5, 0.6) is 0 Å². The predicted molar refractivity (Wildman–Crippen MR) is 88.8 cm³/mol. The molecular formula is C16H15BrFN3O2. The lowest BCUT2D eigenvalue weighted by atomic mass is 10.1. The molecule has 2 aromatic rings. The van der Waals surface area contributed by atoms with Crippen LogP contribution in [0.4, 0.5) is 4.39 Å². The Morgan fingerprint density at radius 3 is 2.43 bits per heavy atom. The monoisotopic (exact) mass is 379 g/mol. The summed E-state index contributed by atoms with van der Waals surface area (Å²) in [6, 6.07) is 7.43. The van der Waals surface area contributed by atoms with E-state index in [2.05, 4.69) is 26.8 Å². The SMILES string of the molecule is C/C(=C\C(=O)NNC(=O)c1cc(Br)cn1C)c1ccc(F)cc1. The molecule has 1 aromatic carbocycles. The molecule has 5 nitrogen and oxygen atoms in total. The molecule has 2 rings (SSSR count). The van der Waals surface area contributed by atoms with Gasteiger partial charge >= 0.3 is 0 Å². The number of hydrazine groups is 1. The summed E-state index contributed by atoms with van der Waals surface area (Å²) in [6.45, 7) is 1.73. The number of hydrogen-bond donors (Lipinski definition) is 2. The van der Waals surface area contributed by atoms with Crippen molar-refractivity contribution in [3.8, 4) is 0 Å². The number of rotatable bonds is 3. The van der Waals surface area contributed by atoms with Crippen molar-refractivity contribution in [1.82, 2.24) is 15.4 Å². The molecule has 120 valence electrons. The van der Waals surface area contributed by atoms with E-state index in [1.165, 1.54) is 18.2 Å². The highest BCUT2D eigenvalue weighted by Crippen LogP contribution is 2.14. The maximum atomic E-state index is 12.9. The number of nitrogens with one attached hydrogen (secondary N) is 2. The Labute approximate surface area is 141 Å². The van der Waals surface area contributed by atoms with Crippen LogP contribution in [0.2, 0.25) is 0 Å². The van der Waals surface area contributed by atoms with Crippen molar-refractivity contribution in [1.29, 1.82) is 0 Å². The highest BCUT2D eigenvalue weighted by atomic mass is 79.9. The lowest BCUT2D eigenvalue weighted by molar-refractivity contribution is -0.117. The number of aryl methyl sites for hydroxylation is 1. The number of nitrogens with zero attached hydrogens (tertiary/aromatic N) is 1. The normalized spacial score (nSPS) is 11.2. The summed E-state index contributed by atoms with van der Waals surface area (Å²) >= 11 is 3.27. The van der Waals surface area contributed by atoms with Gasteiger partial charge in [-0.15, -0.1) is 0 Å². The van der Waals surface area contributed by atoms with Crippen LogP contribution < -0.4 is 10.9 Å². The van der Waals surface area contributed by atoms with E-state index in [4.69, 9.17) is 0 Å². The summed E-state index contributed by atoms with van der Waals surface area (Å²) < 4.78 is 15.3. The maximum absolute atomic E-state index is 12.9. The van der Waals surface area contributed by atoms with Gasteiger partial charge in [-0.05, 0) is 52.2 Å². The van der Waals surface area contributed by atoms with E-state index in [1.807, 2.05) is 0 Å². The van der Waals surface area contributed by atoms with Crippen LogP contribution in [-0.2, 0) is 11.8 Å². The van der Waals surface area contributed by atoms with Gasteiger partial charge in [0.05, 0.1) is 0 Å². The third-order valence-electron chi connectivity index (χ3n) is 3.15. The Morgan fingerprint density at radius 1 is 1.22 bits per heavy atom. The quantitative estimate of drug-likeness (QED) is 0.636. The Morgan fingerprint density at radius 2 is 1.87 bits per heavy atom. The molecule has 0 bridgehead atoms. The Hall–Kier alpha value is -2.41. The van der Waals surface area contributed by atoms with E-state index in [-0.39, 0.29) is 5.82 Å². The van der Waals surface area contributed by atoms with E-state index in [1.54, 1.807) is 42.9 Å². The van der Waals surface area contributed by atoms with Crippen LogP contribution in [-0.4, -0.2) is 16.4 Å². The standard InChI is InChI=1S/C16H15BrFN3O2/c1-10(11-3-5-13(18)6-4-11)7-15(22)19-20-16(23)14-8-12(17)9-21(14)2/h3-9H,1-2H3,(H,19,22)(H,20,23)/b10-7+.